The predicted molar refractivity (Wildman–Crippen MR) is 107 cm³/mol. The Balaban J connectivity index is 1.86. The lowest BCUT2D eigenvalue weighted by molar-refractivity contribution is 0.0694. The number of hydrogen-bond acceptors (Lipinski definition) is 5. The molecule has 2 aromatic rings. The van der Waals surface area contributed by atoms with Gasteiger partial charge in [-0.2, -0.15) is 0 Å². The Morgan fingerprint density at radius 3 is 2.69 bits per heavy atom. The molecular weight excluding hydrogens is 374 g/mol. The number of carbonyl (C=O) groups is 1. The van der Waals surface area contributed by atoms with Crippen molar-refractivity contribution in [3.05, 3.63) is 45.7 Å². The van der Waals surface area contributed by atoms with Crippen molar-refractivity contribution in [2.75, 3.05) is 20.3 Å². The summed E-state index contributed by atoms with van der Waals surface area (Å²) in [6, 6.07) is 5.32. The van der Waals surface area contributed by atoms with Crippen LogP contribution in [-0.2, 0) is 11.2 Å². The topological polar surface area (TPSA) is 87.0 Å². The molecule has 0 radical (unpaired) electrons. The fraction of sp³-hybridized carbons (Fsp3) is 0.455. The number of hydrogen-bond donors (Lipinski definition) is 1. The Bertz CT molecular complexity index is 1000. The maximum atomic E-state index is 12.4. The fourth-order valence-electron chi connectivity index (χ4n) is 4.13. The maximum absolute atomic E-state index is 12.4. The summed E-state index contributed by atoms with van der Waals surface area (Å²) in [6.07, 6.45) is 3.02. The summed E-state index contributed by atoms with van der Waals surface area (Å²) in [4.78, 5) is 23.9. The number of benzene rings is 1. The Kier molecular flexibility index (Phi) is 5.08. The average molecular weight is 399 g/mol. The molecule has 7 heteroatoms. The van der Waals surface area contributed by atoms with Crippen molar-refractivity contribution in [3.8, 4) is 22.8 Å². The maximum Gasteiger partial charge on any atom is 0.341 e. The van der Waals surface area contributed by atoms with E-state index in [0.717, 1.165) is 17.5 Å². The summed E-state index contributed by atoms with van der Waals surface area (Å²) in [5, 5.41) is 9.38. The van der Waals surface area contributed by atoms with Gasteiger partial charge in [0.25, 0.3) is 0 Å². The number of rotatable bonds is 5. The summed E-state index contributed by atoms with van der Waals surface area (Å²) >= 11 is 0. The van der Waals surface area contributed by atoms with Gasteiger partial charge in [-0.05, 0) is 30.0 Å². The molecule has 0 saturated carbocycles. The van der Waals surface area contributed by atoms with Crippen molar-refractivity contribution in [1.82, 2.24) is 4.57 Å². The lowest BCUT2D eigenvalue weighted by Gasteiger charge is -2.34. The zero-order valence-electron chi connectivity index (χ0n) is 16.8. The summed E-state index contributed by atoms with van der Waals surface area (Å²) in [6.45, 7) is 5.43. The van der Waals surface area contributed by atoms with Gasteiger partial charge in [0.2, 0.25) is 0 Å². The van der Waals surface area contributed by atoms with Crippen LogP contribution in [0.4, 0.5) is 0 Å². The number of fused-ring (bicyclic) bond motifs is 3. The molecule has 2 atom stereocenters. The number of carboxylic acids is 1. The van der Waals surface area contributed by atoms with Gasteiger partial charge in [0.05, 0.1) is 26.0 Å². The first-order valence-electron chi connectivity index (χ1n) is 9.84. The van der Waals surface area contributed by atoms with Crippen molar-refractivity contribution >= 4 is 5.97 Å². The van der Waals surface area contributed by atoms with Crippen molar-refractivity contribution < 1.29 is 24.1 Å². The van der Waals surface area contributed by atoms with Crippen LogP contribution >= 0.6 is 0 Å². The minimum atomic E-state index is -1.21. The van der Waals surface area contributed by atoms with Crippen LogP contribution < -0.4 is 14.9 Å². The van der Waals surface area contributed by atoms with Crippen molar-refractivity contribution in [2.24, 2.45) is 5.92 Å². The quantitative estimate of drug-likeness (QED) is 0.831. The van der Waals surface area contributed by atoms with E-state index in [4.69, 9.17) is 14.2 Å². The molecule has 0 aliphatic carbocycles. The van der Waals surface area contributed by atoms with Gasteiger partial charge in [-0.3, -0.25) is 4.79 Å². The van der Waals surface area contributed by atoms with Gasteiger partial charge in [-0.1, -0.05) is 13.8 Å². The average Bonchev–Trinajstić information content (AvgIpc) is 3.19. The molecule has 1 N–H and O–H groups in total. The third kappa shape index (κ3) is 3.51. The highest BCUT2D eigenvalue weighted by molar-refractivity contribution is 5.87. The fourth-order valence-corrected chi connectivity index (χ4v) is 4.13. The molecule has 1 unspecified atom stereocenters. The van der Waals surface area contributed by atoms with E-state index < -0.39 is 11.4 Å². The van der Waals surface area contributed by atoms with Gasteiger partial charge in [-0.15, -0.1) is 0 Å². The Hall–Kier alpha value is -2.80. The van der Waals surface area contributed by atoms with Gasteiger partial charge in [0, 0.05) is 30.3 Å². The molecule has 4 rings (SSSR count). The first kappa shape index (κ1) is 19.5. The number of aromatic nitrogens is 1. The van der Waals surface area contributed by atoms with E-state index in [1.54, 1.807) is 7.11 Å². The highest BCUT2D eigenvalue weighted by Crippen LogP contribution is 2.43. The third-order valence-corrected chi connectivity index (χ3v) is 5.71. The molecule has 3 heterocycles. The highest BCUT2D eigenvalue weighted by atomic mass is 16.6. The highest BCUT2D eigenvalue weighted by Gasteiger charge is 2.30. The number of nitrogens with zero attached hydrogens (tertiary/aromatic N) is 1. The lowest BCUT2D eigenvalue weighted by Crippen LogP contribution is -2.28. The number of methoxy groups -OCH3 is 1. The van der Waals surface area contributed by atoms with Gasteiger partial charge in [-0.25, -0.2) is 4.79 Å². The smallest absolute Gasteiger partial charge is 0.341 e. The Morgan fingerprint density at radius 2 is 2.07 bits per heavy atom. The Labute approximate surface area is 168 Å². The van der Waals surface area contributed by atoms with Crippen LogP contribution in [0.2, 0.25) is 0 Å². The van der Waals surface area contributed by atoms with Crippen LogP contribution in [-0.4, -0.2) is 42.1 Å². The first-order chi connectivity index (χ1) is 13.9. The molecule has 29 heavy (non-hydrogen) atoms. The second-order valence-electron chi connectivity index (χ2n) is 7.93. The van der Waals surface area contributed by atoms with Gasteiger partial charge >= 0.3 is 5.97 Å². The molecule has 1 aromatic carbocycles. The summed E-state index contributed by atoms with van der Waals surface area (Å²) in [7, 11) is 1.58. The van der Waals surface area contributed by atoms with Crippen LogP contribution in [0.25, 0.3) is 11.3 Å². The van der Waals surface area contributed by atoms with E-state index in [2.05, 4.69) is 13.8 Å². The van der Waals surface area contributed by atoms with Crippen LogP contribution in [0, 0.1) is 5.92 Å². The molecule has 0 bridgehead atoms. The van der Waals surface area contributed by atoms with E-state index in [1.165, 1.54) is 12.3 Å². The van der Waals surface area contributed by atoms with E-state index in [9.17, 15) is 14.7 Å². The molecular formula is C22H25NO6. The zero-order valence-corrected chi connectivity index (χ0v) is 16.8. The molecule has 2 aliphatic rings. The van der Waals surface area contributed by atoms with E-state index >= 15 is 0 Å². The second kappa shape index (κ2) is 7.55. The van der Waals surface area contributed by atoms with Crippen molar-refractivity contribution in [3.63, 3.8) is 0 Å². The van der Waals surface area contributed by atoms with Crippen LogP contribution in [0.1, 0.15) is 42.2 Å². The molecule has 1 aromatic heterocycles. The minimum Gasteiger partial charge on any atom is -0.493 e. The lowest BCUT2D eigenvalue weighted by atomic mass is 9.87. The first-order valence-corrected chi connectivity index (χ1v) is 9.84. The van der Waals surface area contributed by atoms with Gasteiger partial charge in [0.1, 0.15) is 11.7 Å². The molecule has 1 fully saturated rings. The standard InChI is InChI=1S/C22H25NO6/c1-12(2)17-6-13-7-21(29-14-4-5-28-11-14)20(27-3)8-15(13)18-9-19(24)16(22(25)26)10-23(17)18/h7-10,12,14,17H,4-6,11H2,1-3H3,(H,25,26)/t14-,17?/m1/s1. The summed E-state index contributed by atoms with van der Waals surface area (Å²) in [5.74, 6) is 0.293. The summed E-state index contributed by atoms with van der Waals surface area (Å²) < 4.78 is 19.0. The van der Waals surface area contributed by atoms with Gasteiger partial charge < -0.3 is 23.9 Å². The van der Waals surface area contributed by atoms with E-state index in [1.807, 2.05) is 16.7 Å². The van der Waals surface area contributed by atoms with Crippen LogP contribution in [0.3, 0.4) is 0 Å². The monoisotopic (exact) mass is 399 g/mol. The van der Waals surface area contributed by atoms with Crippen LogP contribution in [0.15, 0.2) is 29.2 Å². The predicted octanol–water partition coefficient (Wildman–Crippen LogP) is 3.14. The minimum absolute atomic E-state index is 0.000494. The summed E-state index contributed by atoms with van der Waals surface area (Å²) in [5.41, 5.74) is 1.91. The number of pyridine rings is 1. The largest absolute Gasteiger partial charge is 0.493 e. The number of aromatic carboxylic acids is 1. The molecule has 1 saturated heterocycles. The van der Waals surface area contributed by atoms with Gasteiger partial charge in [0.15, 0.2) is 16.9 Å². The molecule has 154 valence electrons. The van der Waals surface area contributed by atoms with E-state index in [0.29, 0.717) is 36.8 Å². The third-order valence-electron chi connectivity index (χ3n) is 5.71. The number of ether oxygens (including phenoxy) is 3. The molecule has 0 amide bonds. The van der Waals surface area contributed by atoms with E-state index in [-0.39, 0.29) is 23.6 Å². The molecule has 0 spiro atoms. The normalized spacial score (nSPS) is 20.3. The SMILES string of the molecule is COc1cc2c(cc1O[C@@H]1CCOC1)CC(C(C)C)n1cc(C(=O)O)c(=O)cc1-2. The second-order valence-corrected chi connectivity index (χ2v) is 7.93. The number of carboxylic acid groups (broad SMARTS) is 1. The van der Waals surface area contributed by atoms with Crippen molar-refractivity contribution in [2.45, 2.75) is 38.8 Å². The Morgan fingerprint density at radius 1 is 1.28 bits per heavy atom. The van der Waals surface area contributed by atoms with Crippen LogP contribution in [0.5, 0.6) is 11.5 Å². The molecule has 2 aliphatic heterocycles. The van der Waals surface area contributed by atoms with Crippen molar-refractivity contribution in [1.29, 1.82) is 0 Å². The zero-order chi connectivity index (χ0) is 20.7. The molecule has 7 nitrogen and oxygen atoms in total.